The Kier molecular flexibility index (Phi) is 2.79. The van der Waals surface area contributed by atoms with Crippen LogP contribution in [0.15, 0.2) is 0 Å². The van der Waals surface area contributed by atoms with E-state index in [-0.39, 0.29) is 17.4 Å². The van der Waals surface area contributed by atoms with Crippen LogP contribution < -0.4 is 0 Å². The summed E-state index contributed by atoms with van der Waals surface area (Å²) in [6.45, 7) is 1.77. The van der Waals surface area contributed by atoms with Gasteiger partial charge >= 0.3 is 0 Å². The first kappa shape index (κ1) is 12.1. The van der Waals surface area contributed by atoms with Crippen molar-refractivity contribution in [1.29, 1.82) is 0 Å². The zero-order valence-corrected chi connectivity index (χ0v) is 14.6. The van der Waals surface area contributed by atoms with Gasteiger partial charge in [0.05, 0.1) is 6.10 Å². The predicted octanol–water partition coefficient (Wildman–Crippen LogP) is 4.60. The van der Waals surface area contributed by atoms with E-state index in [1.807, 2.05) is 6.92 Å². The lowest BCUT2D eigenvalue weighted by Gasteiger charge is -2.60. The van der Waals surface area contributed by atoms with E-state index in [0.717, 1.165) is 51.4 Å². The molecule has 4 saturated carbocycles. The summed E-state index contributed by atoms with van der Waals surface area (Å²) in [5.41, 5.74) is -0.262. The summed E-state index contributed by atoms with van der Waals surface area (Å²) in [6.07, 6.45) is 7.95. The standard InChI is InChI=1S/C21H34O2/c1-13(22)17-6-7-18-16-5-4-14-12-15(23)8-10-20(14,2)19(16)9-11-21(17,18)3/h14-19,23H,4-12H2,1-3H3/t14-,15-,16-,17+,18-,19-,20-,21+/m0/s1/i1D3,17D. The van der Waals surface area contributed by atoms with E-state index >= 15 is 0 Å². The Bertz CT molecular complexity index is 634. The molecule has 2 heteroatoms. The molecule has 0 amide bonds. The van der Waals surface area contributed by atoms with Crippen LogP contribution in [0.25, 0.3) is 0 Å². The number of ketones is 1. The Morgan fingerprint density at radius 3 is 2.57 bits per heavy atom. The van der Waals surface area contributed by atoms with E-state index in [1.165, 1.54) is 0 Å². The minimum atomic E-state index is -2.68. The minimum Gasteiger partial charge on any atom is -0.393 e. The summed E-state index contributed by atoms with van der Waals surface area (Å²) in [6, 6.07) is 0. The van der Waals surface area contributed by atoms with Crippen molar-refractivity contribution >= 4 is 5.78 Å². The van der Waals surface area contributed by atoms with Gasteiger partial charge in [0.25, 0.3) is 0 Å². The Morgan fingerprint density at radius 1 is 1.04 bits per heavy atom. The van der Waals surface area contributed by atoms with Crippen molar-refractivity contribution in [3.05, 3.63) is 0 Å². The van der Waals surface area contributed by atoms with Gasteiger partial charge in [0.1, 0.15) is 5.78 Å². The van der Waals surface area contributed by atoms with Crippen LogP contribution in [0.2, 0.25) is 0 Å². The molecule has 0 bridgehead atoms. The number of carbonyl (C=O) groups is 1. The van der Waals surface area contributed by atoms with Crippen LogP contribution >= 0.6 is 0 Å². The van der Waals surface area contributed by atoms with Gasteiger partial charge in [-0.25, -0.2) is 0 Å². The third-order valence-electron chi connectivity index (χ3n) is 8.70. The lowest BCUT2D eigenvalue weighted by Crippen LogP contribution is -2.54. The zero-order chi connectivity index (χ0) is 19.8. The molecular weight excluding hydrogens is 284 g/mol. The summed E-state index contributed by atoms with van der Waals surface area (Å²) in [5, 5.41) is 10.1. The minimum absolute atomic E-state index is 0.155. The molecular formula is C21H34O2. The largest absolute Gasteiger partial charge is 0.393 e. The van der Waals surface area contributed by atoms with Gasteiger partial charge in [0.15, 0.2) is 0 Å². The van der Waals surface area contributed by atoms with Gasteiger partial charge in [-0.05, 0) is 99.1 Å². The average molecular weight is 323 g/mol. The van der Waals surface area contributed by atoms with E-state index in [0.29, 0.717) is 24.2 Å². The quantitative estimate of drug-likeness (QED) is 0.766. The average Bonchev–Trinajstić information content (AvgIpc) is 2.86. The maximum Gasteiger partial charge on any atom is 0.133 e. The Balaban J connectivity index is 1.64. The van der Waals surface area contributed by atoms with Crippen LogP contribution in [-0.2, 0) is 4.79 Å². The molecule has 4 aliphatic carbocycles. The first-order valence-corrected chi connectivity index (χ1v) is 9.66. The van der Waals surface area contributed by atoms with Crippen molar-refractivity contribution in [3.63, 3.8) is 0 Å². The number of carbonyl (C=O) groups excluding carboxylic acids is 1. The van der Waals surface area contributed by atoms with Crippen molar-refractivity contribution in [3.8, 4) is 0 Å². The number of aliphatic hydroxyl groups is 1. The highest BCUT2D eigenvalue weighted by molar-refractivity contribution is 5.79. The van der Waals surface area contributed by atoms with Crippen molar-refractivity contribution < 1.29 is 15.4 Å². The van der Waals surface area contributed by atoms with Crippen LogP contribution in [-0.4, -0.2) is 17.0 Å². The fraction of sp³-hybridized carbons (Fsp3) is 0.952. The summed E-state index contributed by atoms with van der Waals surface area (Å²) < 4.78 is 31.8. The highest BCUT2D eigenvalue weighted by Crippen LogP contribution is 2.67. The third-order valence-corrected chi connectivity index (χ3v) is 8.70. The van der Waals surface area contributed by atoms with Gasteiger partial charge in [-0.3, -0.25) is 4.79 Å². The van der Waals surface area contributed by atoms with Gasteiger partial charge in [0, 0.05) is 11.4 Å². The molecule has 0 heterocycles. The lowest BCUT2D eigenvalue weighted by molar-refractivity contribution is -0.138. The van der Waals surface area contributed by atoms with Crippen LogP contribution in [0.3, 0.4) is 0 Å². The van der Waals surface area contributed by atoms with E-state index in [1.54, 1.807) is 0 Å². The van der Waals surface area contributed by atoms with E-state index in [4.69, 9.17) is 5.48 Å². The molecule has 2 nitrogen and oxygen atoms in total. The maximum absolute atomic E-state index is 12.8. The van der Waals surface area contributed by atoms with Gasteiger partial charge < -0.3 is 5.11 Å². The Hall–Kier alpha value is -0.370. The molecule has 4 fully saturated rings. The van der Waals surface area contributed by atoms with Crippen LogP contribution in [0.1, 0.15) is 84.0 Å². The van der Waals surface area contributed by atoms with Crippen molar-refractivity contribution in [2.45, 2.75) is 84.6 Å². The van der Waals surface area contributed by atoms with Gasteiger partial charge in [-0.2, -0.15) is 0 Å². The summed E-state index contributed by atoms with van der Waals surface area (Å²) in [5.74, 6) is -0.347. The SMILES string of the molecule is [2H]C([2H])([2H])C(=O)[C@@]1([2H])CC[C@H]2[C@@H]3CC[C@H]4C[C@@H](O)CC[C@]4(C)[C@H]3CC[C@@]21C. The lowest BCUT2D eigenvalue weighted by atomic mass is 9.44. The van der Waals surface area contributed by atoms with Gasteiger partial charge in [0.2, 0.25) is 0 Å². The molecule has 8 atom stereocenters. The fourth-order valence-electron chi connectivity index (χ4n) is 7.42. The van der Waals surface area contributed by atoms with Crippen molar-refractivity contribution in [2.75, 3.05) is 0 Å². The molecule has 130 valence electrons. The van der Waals surface area contributed by atoms with Gasteiger partial charge in [-0.15, -0.1) is 0 Å². The summed E-state index contributed by atoms with van der Waals surface area (Å²) in [4.78, 5) is 12.8. The smallest absolute Gasteiger partial charge is 0.133 e. The molecule has 0 spiro atoms. The maximum atomic E-state index is 12.8. The first-order chi connectivity index (χ1) is 12.4. The molecule has 0 aromatic rings. The second kappa shape index (κ2) is 5.31. The molecule has 4 rings (SSSR count). The molecule has 23 heavy (non-hydrogen) atoms. The molecule has 0 saturated heterocycles. The number of rotatable bonds is 1. The normalized spacial score (nSPS) is 62.0. The second-order valence-electron chi connectivity index (χ2n) is 9.39. The molecule has 4 aliphatic rings. The number of aliphatic hydroxyl groups excluding tert-OH is 1. The number of Topliss-reactive ketones (excluding diaryl/α,β-unsaturated/α-hetero) is 1. The molecule has 0 unspecified atom stereocenters. The fourth-order valence-corrected chi connectivity index (χ4v) is 7.42. The van der Waals surface area contributed by atoms with Crippen LogP contribution in [0.5, 0.6) is 0 Å². The summed E-state index contributed by atoms with van der Waals surface area (Å²) in [7, 11) is 0. The Morgan fingerprint density at radius 2 is 1.78 bits per heavy atom. The number of fused-ring (bicyclic) bond motifs is 5. The van der Waals surface area contributed by atoms with Crippen molar-refractivity contribution in [1.82, 2.24) is 0 Å². The molecule has 0 aromatic carbocycles. The zero-order valence-electron chi connectivity index (χ0n) is 18.6. The second-order valence-corrected chi connectivity index (χ2v) is 9.39. The molecule has 0 radical (unpaired) electrons. The number of hydrogen-bond acceptors (Lipinski definition) is 2. The third kappa shape index (κ3) is 2.19. The summed E-state index contributed by atoms with van der Waals surface area (Å²) >= 11 is 0. The van der Waals surface area contributed by atoms with E-state index < -0.39 is 23.9 Å². The van der Waals surface area contributed by atoms with Crippen molar-refractivity contribution in [2.24, 2.45) is 40.4 Å². The highest BCUT2D eigenvalue weighted by Gasteiger charge is 2.60. The van der Waals surface area contributed by atoms with E-state index in [9.17, 15) is 9.90 Å². The van der Waals surface area contributed by atoms with Crippen LogP contribution in [0, 0.1) is 40.4 Å². The molecule has 1 N–H and O–H groups in total. The molecule has 0 aliphatic heterocycles. The van der Waals surface area contributed by atoms with E-state index in [2.05, 4.69) is 6.92 Å². The Labute approximate surface area is 147 Å². The number of hydrogen-bond donors (Lipinski definition) is 1. The van der Waals surface area contributed by atoms with Gasteiger partial charge in [-0.1, -0.05) is 13.8 Å². The first-order valence-electron chi connectivity index (χ1n) is 11.7. The molecule has 0 aromatic heterocycles. The monoisotopic (exact) mass is 322 g/mol. The topological polar surface area (TPSA) is 37.3 Å². The van der Waals surface area contributed by atoms with Crippen LogP contribution in [0.4, 0.5) is 0 Å². The predicted molar refractivity (Wildman–Crippen MR) is 91.9 cm³/mol. The highest BCUT2D eigenvalue weighted by atomic mass is 16.3.